The number of imidazole rings is 1. The van der Waals surface area contributed by atoms with Gasteiger partial charge in [-0.2, -0.15) is 0 Å². The van der Waals surface area contributed by atoms with Gasteiger partial charge in [0, 0.05) is 70.3 Å². The minimum atomic E-state index is 0.343. The van der Waals surface area contributed by atoms with Crippen molar-refractivity contribution in [2.45, 2.75) is 38.4 Å². The molecule has 8 heteroatoms. The fourth-order valence-corrected chi connectivity index (χ4v) is 5.50. The molecule has 5 heterocycles. The van der Waals surface area contributed by atoms with Crippen LogP contribution in [0, 0.1) is 0 Å². The number of aryl methyl sites for hydroxylation is 1. The molecule has 1 atom stereocenters. The van der Waals surface area contributed by atoms with E-state index < -0.39 is 0 Å². The van der Waals surface area contributed by atoms with Gasteiger partial charge in [0.05, 0.1) is 17.4 Å². The van der Waals surface area contributed by atoms with Crippen LogP contribution < -0.4 is 4.90 Å². The lowest BCUT2D eigenvalue weighted by molar-refractivity contribution is 0.206. The van der Waals surface area contributed by atoms with Gasteiger partial charge in [0.1, 0.15) is 5.65 Å². The molecule has 1 aliphatic carbocycles. The highest BCUT2D eigenvalue weighted by atomic mass is 15.3. The van der Waals surface area contributed by atoms with E-state index in [9.17, 15) is 0 Å². The number of nitrogens with zero attached hydrogens (tertiary/aromatic N) is 8. The molecule has 0 spiro atoms. The number of piperazine rings is 1. The van der Waals surface area contributed by atoms with Crippen LogP contribution in [0.5, 0.6) is 0 Å². The second kappa shape index (κ2) is 9.71. The molecule has 8 nitrogen and oxygen atoms in total. The Morgan fingerprint density at radius 3 is 2.69 bits per heavy atom. The van der Waals surface area contributed by atoms with Crippen molar-refractivity contribution in [3.05, 3.63) is 83.8 Å². The van der Waals surface area contributed by atoms with Crippen molar-refractivity contribution in [2.75, 3.05) is 38.1 Å². The van der Waals surface area contributed by atoms with Crippen molar-refractivity contribution >= 4 is 11.6 Å². The second-order valence-electron chi connectivity index (χ2n) is 9.69. The average molecular weight is 469 g/mol. The minimum absolute atomic E-state index is 0.343. The molecule has 4 aromatic rings. The maximum Gasteiger partial charge on any atom is 0.211 e. The molecule has 1 aliphatic heterocycles. The fourth-order valence-electron chi connectivity index (χ4n) is 5.50. The van der Waals surface area contributed by atoms with Crippen molar-refractivity contribution in [3.8, 4) is 0 Å². The Morgan fingerprint density at radius 1 is 0.971 bits per heavy atom. The lowest BCUT2D eigenvalue weighted by Crippen LogP contribution is -2.46. The molecule has 1 saturated heterocycles. The summed E-state index contributed by atoms with van der Waals surface area (Å²) in [7, 11) is 2.19. The number of hydrogen-bond acceptors (Lipinski definition) is 7. The van der Waals surface area contributed by atoms with Gasteiger partial charge < -0.3 is 4.90 Å². The zero-order chi connectivity index (χ0) is 23.6. The van der Waals surface area contributed by atoms with Crippen LogP contribution >= 0.6 is 0 Å². The molecule has 2 aliphatic rings. The van der Waals surface area contributed by atoms with Crippen LogP contribution in [0.15, 0.2) is 61.3 Å². The largest absolute Gasteiger partial charge is 0.339 e. The average Bonchev–Trinajstić information content (AvgIpc) is 3.32. The van der Waals surface area contributed by atoms with E-state index in [1.165, 1.54) is 23.2 Å². The van der Waals surface area contributed by atoms with Gasteiger partial charge in [0.15, 0.2) is 0 Å². The monoisotopic (exact) mass is 468 g/mol. The Bertz CT molecular complexity index is 1280. The normalized spacial score (nSPS) is 18.8. The van der Waals surface area contributed by atoms with Gasteiger partial charge in [-0.3, -0.25) is 24.2 Å². The van der Waals surface area contributed by atoms with Gasteiger partial charge >= 0.3 is 0 Å². The maximum atomic E-state index is 4.95. The Hall–Kier alpha value is -3.36. The van der Waals surface area contributed by atoms with Crippen molar-refractivity contribution in [1.29, 1.82) is 0 Å². The number of pyridine rings is 2. The van der Waals surface area contributed by atoms with Crippen molar-refractivity contribution in [3.63, 3.8) is 0 Å². The summed E-state index contributed by atoms with van der Waals surface area (Å²) in [6.45, 7) is 5.69. The molecule has 4 aromatic heterocycles. The van der Waals surface area contributed by atoms with Crippen LogP contribution in [0.1, 0.15) is 41.4 Å². The van der Waals surface area contributed by atoms with E-state index in [0.29, 0.717) is 6.04 Å². The highest BCUT2D eigenvalue weighted by Gasteiger charge is 2.26. The summed E-state index contributed by atoms with van der Waals surface area (Å²) in [4.78, 5) is 25.8. The molecule has 0 N–H and O–H groups in total. The molecule has 180 valence electrons. The first kappa shape index (κ1) is 22.1. The standard InChI is InChI=1S/C27H32N8/c1-32(24-6-2-4-22-5-3-10-29-26(22)24)19-23-20-35-25(31-23)9-13-30-27(35)34-16-14-33(15-17-34)18-21-7-11-28-12-8-21/h3,5,7-13,20,24H,2,4,6,14-19H2,1H3/t24-/m0/s1. The van der Waals surface area contributed by atoms with Gasteiger partial charge in [-0.1, -0.05) is 6.07 Å². The first-order chi connectivity index (χ1) is 17.2. The second-order valence-corrected chi connectivity index (χ2v) is 9.69. The summed E-state index contributed by atoms with van der Waals surface area (Å²) in [5, 5.41) is 0. The summed E-state index contributed by atoms with van der Waals surface area (Å²) in [6.07, 6.45) is 13.2. The van der Waals surface area contributed by atoms with Crippen molar-refractivity contribution < 1.29 is 0 Å². The lowest BCUT2D eigenvalue weighted by atomic mass is 9.91. The van der Waals surface area contributed by atoms with Gasteiger partial charge in [-0.05, 0) is 61.7 Å². The number of hydrogen-bond donors (Lipinski definition) is 0. The molecule has 6 rings (SSSR count). The first-order valence-electron chi connectivity index (χ1n) is 12.6. The maximum absolute atomic E-state index is 4.95. The zero-order valence-corrected chi connectivity index (χ0v) is 20.3. The lowest BCUT2D eigenvalue weighted by Gasteiger charge is -2.35. The van der Waals surface area contributed by atoms with E-state index in [1.54, 1.807) is 0 Å². The molecular weight excluding hydrogens is 436 g/mol. The van der Waals surface area contributed by atoms with Gasteiger partial charge in [-0.15, -0.1) is 0 Å². The topological polar surface area (TPSA) is 65.7 Å². The SMILES string of the molecule is CN(Cc1cn2c(N3CCN(Cc4ccncc4)CC3)nccc2n1)[C@H]1CCCc2cccnc21. The molecule has 0 unspecified atom stereocenters. The van der Waals surface area contributed by atoms with Crippen LogP contribution in [0.25, 0.3) is 5.65 Å². The molecule has 1 fully saturated rings. The van der Waals surface area contributed by atoms with E-state index in [4.69, 9.17) is 15.0 Å². The predicted molar refractivity (Wildman–Crippen MR) is 136 cm³/mol. The van der Waals surface area contributed by atoms with Crippen LogP contribution in [0.4, 0.5) is 5.95 Å². The summed E-state index contributed by atoms with van der Waals surface area (Å²) in [5.74, 6) is 0.983. The van der Waals surface area contributed by atoms with E-state index in [2.05, 4.69) is 61.6 Å². The first-order valence-corrected chi connectivity index (χ1v) is 12.6. The molecular formula is C27H32N8. The molecule has 0 bridgehead atoms. The minimum Gasteiger partial charge on any atom is -0.339 e. The van der Waals surface area contributed by atoms with E-state index >= 15 is 0 Å². The molecule has 35 heavy (non-hydrogen) atoms. The van der Waals surface area contributed by atoms with Gasteiger partial charge in [0.2, 0.25) is 5.95 Å². The summed E-state index contributed by atoms with van der Waals surface area (Å²) in [6, 6.07) is 10.8. The zero-order valence-electron chi connectivity index (χ0n) is 20.3. The third-order valence-electron chi connectivity index (χ3n) is 7.33. The molecule has 0 aromatic carbocycles. The summed E-state index contributed by atoms with van der Waals surface area (Å²) in [5.41, 5.74) is 5.96. The smallest absolute Gasteiger partial charge is 0.211 e. The highest BCUT2D eigenvalue weighted by molar-refractivity contribution is 5.48. The molecule has 0 amide bonds. The van der Waals surface area contributed by atoms with E-state index in [-0.39, 0.29) is 0 Å². The number of rotatable bonds is 6. The predicted octanol–water partition coefficient (Wildman–Crippen LogP) is 3.35. The molecule has 0 radical (unpaired) electrons. The summed E-state index contributed by atoms with van der Waals surface area (Å²) >= 11 is 0. The number of anilines is 1. The van der Waals surface area contributed by atoms with Crippen LogP contribution in [-0.4, -0.2) is 67.4 Å². The fraction of sp³-hybridized carbons (Fsp3) is 0.407. The third-order valence-corrected chi connectivity index (χ3v) is 7.33. The molecule has 0 saturated carbocycles. The highest BCUT2D eigenvalue weighted by Crippen LogP contribution is 2.32. The Kier molecular flexibility index (Phi) is 6.14. The quantitative estimate of drug-likeness (QED) is 0.430. The van der Waals surface area contributed by atoms with Crippen molar-refractivity contribution in [2.24, 2.45) is 0 Å². The van der Waals surface area contributed by atoms with Gasteiger partial charge in [-0.25, -0.2) is 9.97 Å². The van der Waals surface area contributed by atoms with Crippen LogP contribution in [-0.2, 0) is 19.5 Å². The van der Waals surface area contributed by atoms with Crippen molar-refractivity contribution in [1.82, 2.24) is 34.1 Å². The number of aromatic nitrogens is 5. The number of fused-ring (bicyclic) bond motifs is 2. The van der Waals surface area contributed by atoms with Gasteiger partial charge in [0.25, 0.3) is 0 Å². The van der Waals surface area contributed by atoms with E-state index in [0.717, 1.165) is 69.4 Å². The Morgan fingerprint density at radius 2 is 1.83 bits per heavy atom. The van der Waals surface area contributed by atoms with E-state index in [1.807, 2.05) is 30.9 Å². The van der Waals surface area contributed by atoms with Crippen LogP contribution in [0.2, 0.25) is 0 Å². The summed E-state index contributed by atoms with van der Waals surface area (Å²) < 4.78 is 2.16. The third kappa shape index (κ3) is 4.63. The Labute approximate surface area is 206 Å². The van der Waals surface area contributed by atoms with Crippen LogP contribution in [0.3, 0.4) is 0 Å². The Balaban J connectivity index is 1.15.